The maximum absolute atomic E-state index is 10.0. The van der Waals surface area contributed by atoms with E-state index in [0.717, 1.165) is 5.56 Å². The number of aryl methyl sites for hydroxylation is 1. The number of hydrogen-bond donors (Lipinski definition) is 2. The van der Waals surface area contributed by atoms with Gasteiger partial charge in [-0.3, -0.25) is 0 Å². The van der Waals surface area contributed by atoms with E-state index in [9.17, 15) is 5.11 Å². The van der Waals surface area contributed by atoms with Crippen molar-refractivity contribution in [2.75, 3.05) is 13.2 Å². The number of nitrogens with one attached hydrogen (secondary N) is 1. The molecule has 1 atom stereocenters. The highest BCUT2D eigenvalue weighted by molar-refractivity contribution is 6.32. The molecule has 1 aliphatic rings. The van der Waals surface area contributed by atoms with Crippen LogP contribution in [0.5, 0.6) is 5.75 Å². The van der Waals surface area contributed by atoms with Crippen molar-refractivity contribution in [2.45, 2.75) is 51.2 Å². The minimum Gasteiger partial charge on any atom is -0.489 e. The Morgan fingerprint density at radius 3 is 2.71 bits per heavy atom. The van der Waals surface area contributed by atoms with Crippen molar-refractivity contribution >= 4 is 24.0 Å². The molecule has 1 aromatic carbocycles. The summed E-state index contributed by atoms with van der Waals surface area (Å²) in [6, 6.07) is 5.64. The van der Waals surface area contributed by atoms with Crippen LogP contribution >= 0.6 is 24.0 Å². The molecule has 3 nitrogen and oxygen atoms in total. The van der Waals surface area contributed by atoms with E-state index in [1.165, 1.54) is 25.7 Å². The molecule has 0 aromatic heterocycles. The van der Waals surface area contributed by atoms with Crippen LogP contribution in [0, 0.1) is 6.92 Å². The Hall–Kier alpha value is -0.480. The Labute approximate surface area is 138 Å². The zero-order valence-corrected chi connectivity index (χ0v) is 14.3. The summed E-state index contributed by atoms with van der Waals surface area (Å²) in [5.41, 5.74) is 1.28. The first-order valence-corrected chi connectivity index (χ1v) is 7.68. The molecule has 0 saturated heterocycles. The van der Waals surface area contributed by atoms with Gasteiger partial charge in [-0.1, -0.05) is 30.5 Å². The van der Waals surface area contributed by atoms with Crippen molar-refractivity contribution in [3.8, 4) is 5.75 Å². The molecule has 2 rings (SSSR count). The smallest absolute Gasteiger partial charge is 0.138 e. The van der Waals surface area contributed by atoms with Crippen LogP contribution < -0.4 is 10.1 Å². The molecule has 0 amide bonds. The molecule has 0 heterocycles. The minimum atomic E-state index is -0.524. The van der Waals surface area contributed by atoms with E-state index in [2.05, 4.69) is 12.2 Å². The van der Waals surface area contributed by atoms with E-state index in [0.29, 0.717) is 17.3 Å². The number of ether oxygens (including phenoxy) is 1. The lowest BCUT2D eigenvalue weighted by Crippen LogP contribution is -2.44. The van der Waals surface area contributed by atoms with E-state index >= 15 is 0 Å². The summed E-state index contributed by atoms with van der Waals surface area (Å²) in [4.78, 5) is 0. The quantitative estimate of drug-likeness (QED) is 0.833. The molecule has 1 aromatic rings. The van der Waals surface area contributed by atoms with Gasteiger partial charge in [-0.2, -0.15) is 0 Å². The van der Waals surface area contributed by atoms with E-state index in [4.69, 9.17) is 16.3 Å². The van der Waals surface area contributed by atoms with Crippen molar-refractivity contribution in [1.82, 2.24) is 5.32 Å². The molecule has 1 aliphatic carbocycles. The fraction of sp³-hybridized carbons (Fsp3) is 0.625. The van der Waals surface area contributed by atoms with Gasteiger partial charge in [0.05, 0.1) is 5.02 Å². The standard InChI is InChI=1S/C16H24ClNO2.ClH/c1-12-5-6-14(17)15(9-12)20-11-13(19)10-18-16(2)7-3-4-8-16;/h5-6,9,13,18-19H,3-4,7-8,10-11H2,1-2H3;1H. The number of halogens is 2. The van der Waals surface area contributed by atoms with Gasteiger partial charge in [0.2, 0.25) is 0 Å². The van der Waals surface area contributed by atoms with E-state index in [-0.39, 0.29) is 24.6 Å². The molecule has 21 heavy (non-hydrogen) atoms. The second-order valence-electron chi connectivity index (χ2n) is 6.05. The van der Waals surface area contributed by atoms with Crippen molar-refractivity contribution < 1.29 is 9.84 Å². The molecule has 1 fully saturated rings. The topological polar surface area (TPSA) is 41.5 Å². The van der Waals surface area contributed by atoms with Crippen LogP contribution in [0.3, 0.4) is 0 Å². The number of benzene rings is 1. The predicted octanol–water partition coefficient (Wildman–Crippen LogP) is 3.73. The van der Waals surface area contributed by atoms with Gasteiger partial charge in [0.15, 0.2) is 0 Å². The predicted molar refractivity (Wildman–Crippen MR) is 89.8 cm³/mol. The fourth-order valence-corrected chi connectivity index (χ4v) is 2.83. The molecule has 2 N–H and O–H groups in total. The zero-order chi connectivity index (χ0) is 14.6. The molecule has 120 valence electrons. The highest BCUT2D eigenvalue weighted by Gasteiger charge is 2.28. The molecule has 0 spiro atoms. The van der Waals surface area contributed by atoms with Crippen molar-refractivity contribution in [2.24, 2.45) is 0 Å². The normalized spacial score (nSPS) is 18.1. The van der Waals surface area contributed by atoms with Gasteiger partial charge in [-0.05, 0) is 44.4 Å². The fourth-order valence-electron chi connectivity index (χ4n) is 2.66. The van der Waals surface area contributed by atoms with Crippen LogP contribution in [0.2, 0.25) is 5.02 Å². The number of β-amino-alcohol motifs (C(OH)–C–C–N with tert-alkyl or cyclic N) is 1. The van der Waals surface area contributed by atoms with Crippen LogP contribution in [-0.4, -0.2) is 29.9 Å². The van der Waals surface area contributed by atoms with Crippen LogP contribution in [0.1, 0.15) is 38.2 Å². The van der Waals surface area contributed by atoms with E-state index < -0.39 is 6.10 Å². The van der Waals surface area contributed by atoms with Gasteiger partial charge < -0.3 is 15.2 Å². The third-order valence-corrected chi connectivity index (χ3v) is 4.30. The first-order valence-electron chi connectivity index (χ1n) is 7.31. The summed E-state index contributed by atoms with van der Waals surface area (Å²) >= 11 is 6.06. The number of rotatable bonds is 6. The monoisotopic (exact) mass is 333 g/mol. The van der Waals surface area contributed by atoms with Gasteiger partial charge in [0.25, 0.3) is 0 Å². The molecular weight excluding hydrogens is 309 g/mol. The first kappa shape index (κ1) is 18.6. The largest absolute Gasteiger partial charge is 0.489 e. The third kappa shape index (κ3) is 5.67. The minimum absolute atomic E-state index is 0. The van der Waals surface area contributed by atoms with Crippen LogP contribution in [-0.2, 0) is 0 Å². The zero-order valence-electron chi connectivity index (χ0n) is 12.7. The summed E-state index contributed by atoms with van der Waals surface area (Å²) in [6.07, 6.45) is 4.39. The molecular formula is C16H25Cl2NO2. The highest BCUT2D eigenvalue weighted by atomic mass is 35.5. The van der Waals surface area contributed by atoms with Gasteiger partial charge in [-0.15, -0.1) is 12.4 Å². The van der Waals surface area contributed by atoms with Crippen LogP contribution in [0.25, 0.3) is 0 Å². The highest BCUT2D eigenvalue weighted by Crippen LogP contribution is 2.29. The Morgan fingerprint density at radius 1 is 1.38 bits per heavy atom. The molecule has 0 aliphatic heterocycles. The number of hydrogen-bond acceptors (Lipinski definition) is 3. The van der Waals surface area contributed by atoms with Crippen LogP contribution in [0.15, 0.2) is 18.2 Å². The Kier molecular flexibility index (Phi) is 7.28. The number of aliphatic hydroxyl groups excluding tert-OH is 1. The van der Waals surface area contributed by atoms with E-state index in [1.54, 1.807) is 0 Å². The maximum atomic E-state index is 10.0. The lowest BCUT2D eigenvalue weighted by atomic mass is 10.0. The second kappa shape index (κ2) is 8.23. The first-order chi connectivity index (χ1) is 9.48. The number of aliphatic hydroxyl groups is 1. The molecule has 0 radical (unpaired) electrons. The summed E-state index contributed by atoms with van der Waals surface area (Å²) in [5.74, 6) is 0.637. The molecule has 0 bridgehead atoms. The lowest BCUT2D eigenvalue weighted by Gasteiger charge is -2.27. The van der Waals surface area contributed by atoms with Crippen molar-refractivity contribution in [1.29, 1.82) is 0 Å². The second-order valence-corrected chi connectivity index (χ2v) is 6.45. The summed E-state index contributed by atoms with van der Waals surface area (Å²) < 4.78 is 5.61. The molecule has 1 unspecified atom stereocenters. The summed E-state index contributed by atoms with van der Waals surface area (Å²) in [7, 11) is 0. The molecule has 1 saturated carbocycles. The summed E-state index contributed by atoms with van der Waals surface area (Å²) in [5, 5.41) is 14.1. The Morgan fingerprint density at radius 2 is 2.05 bits per heavy atom. The van der Waals surface area contributed by atoms with Gasteiger partial charge in [-0.25, -0.2) is 0 Å². The lowest BCUT2D eigenvalue weighted by molar-refractivity contribution is 0.0980. The van der Waals surface area contributed by atoms with Crippen molar-refractivity contribution in [3.05, 3.63) is 28.8 Å². The van der Waals surface area contributed by atoms with Crippen molar-refractivity contribution in [3.63, 3.8) is 0 Å². The SMILES string of the molecule is Cc1ccc(Cl)c(OCC(O)CNC2(C)CCCC2)c1.Cl. The van der Waals surface area contributed by atoms with Gasteiger partial charge >= 0.3 is 0 Å². The Bertz CT molecular complexity index is 448. The molecule has 5 heteroatoms. The van der Waals surface area contributed by atoms with Gasteiger partial charge in [0.1, 0.15) is 18.5 Å². The average Bonchev–Trinajstić information content (AvgIpc) is 2.85. The van der Waals surface area contributed by atoms with E-state index in [1.807, 2.05) is 25.1 Å². The average molecular weight is 334 g/mol. The van der Waals surface area contributed by atoms with Crippen LogP contribution in [0.4, 0.5) is 0 Å². The third-order valence-electron chi connectivity index (χ3n) is 3.99. The summed E-state index contributed by atoms with van der Waals surface area (Å²) in [6.45, 7) is 5.03. The maximum Gasteiger partial charge on any atom is 0.138 e. The van der Waals surface area contributed by atoms with Gasteiger partial charge in [0, 0.05) is 12.1 Å². The Balaban J connectivity index is 0.00000220.